The summed E-state index contributed by atoms with van der Waals surface area (Å²) in [5, 5.41) is 17.6. The minimum atomic E-state index is -0.969. The van der Waals surface area contributed by atoms with Crippen molar-refractivity contribution >= 4 is 5.91 Å². The number of rotatable bonds is 5. The van der Waals surface area contributed by atoms with Gasteiger partial charge in [-0.3, -0.25) is 4.79 Å². The minimum absolute atomic E-state index is 0.0404. The smallest absolute Gasteiger partial charge is 0.220 e. The normalized spacial score (nSPS) is 25.3. The zero-order valence-electron chi connectivity index (χ0n) is 22.2. The molecule has 1 aliphatic heterocycles. The predicted octanol–water partition coefficient (Wildman–Crippen LogP) is 5.29. The second-order valence-electron chi connectivity index (χ2n) is 10.4. The van der Waals surface area contributed by atoms with E-state index in [0.717, 1.165) is 67.9 Å². The maximum Gasteiger partial charge on any atom is 0.220 e. The third kappa shape index (κ3) is 7.98. The lowest BCUT2D eigenvalue weighted by atomic mass is 9.99. The Morgan fingerprint density at radius 2 is 1.79 bits per heavy atom. The van der Waals surface area contributed by atoms with E-state index in [9.17, 15) is 18.7 Å². The standard InChI is InChI=1S/C30H40F2N2O4/c1-2-11-37-23-9-10-24-25(17-23)26-18-29(24)38-12-7-5-3-4-6-8-30(36)34-27(28(35)19-33-26)15-20-13-21(31)16-22(32)14-20/h9-10,13-14,16-17,26-29,33,35H,2-8,11-12,15,18-19H2,1H3,(H,34,36)/t26-,27-,28+,29+/m0/s1. The highest BCUT2D eigenvalue weighted by Crippen LogP contribution is 2.42. The van der Waals surface area contributed by atoms with Crippen LogP contribution in [0.1, 0.15) is 87.1 Å². The van der Waals surface area contributed by atoms with Gasteiger partial charge in [0.25, 0.3) is 0 Å². The molecule has 1 fully saturated rings. The lowest BCUT2D eigenvalue weighted by molar-refractivity contribution is -0.122. The molecule has 0 radical (unpaired) electrons. The van der Waals surface area contributed by atoms with E-state index in [2.05, 4.69) is 23.6 Å². The van der Waals surface area contributed by atoms with Gasteiger partial charge in [-0.05, 0) is 73.1 Å². The quantitative estimate of drug-likeness (QED) is 0.490. The number of β-amino-alcohol motifs (C(OH)–C–C–N with tert-alkyl or cyclic N) is 1. The molecule has 0 unspecified atom stereocenters. The number of carbonyl (C=O) groups is 1. The number of aliphatic hydroxyl groups is 1. The van der Waals surface area contributed by atoms with Gasteiger partial charge in [0.15, 0.2) is 0 Å². The van der Waals surface area contributed by atoms with E-state index in [1.165, 1.54) is 12.1 Å². The molecule has 6 nitrogen and oxygen atoms in total. The molecule has 1 saturated heterocycles. The third-order valence-corrected chi connectivity index (χ3v) is 7.33. The number of amides is 1. The number of hydrogen-bond acceptors (Lipinski definition) is 5. The monoisotopic (exact) mass is 530 g/mol. The summed E-state index contributed by atoms with van der Waals surface area (Å²) in [6, 6.07) is 8.64. The third-order valence-electron chi connectivity index (χ3n) is 7.33. The van der Waals surface area contributed by atoms with Gasteiger partial charge in [0, 0.05) is 31.7 Å². The number of nitrogens with one attached hydrogen (secondary N) is 2. The van der Waals surface area contributed by atoms with Crippen LogP contribution >= 0.6 is 0 Å². The van der Waals surface area contributed by atoms with Crippen LogP contribution in [0.15, 0.2) is 36.4 Å². The molecule has 1 amide bonds. The summed E-state index contributed by atoms with van der Waals surface area (Å²) in [5.74, 6) is -0.725. The Bertz CT molecular complexity index is 1050. The highest BCUT2D eigenvalue weighted by molar-refractivity contribution is 5.76. The van der Waals surface area contributed by atoms with Gasteiger partial charge in [-0.15, -0.1) is 0 Å². The van der Waals surface area contributed by atoms with E-state index < -0.39 is 23.8 Å². The average molecular weight is 531 g/mol. The molecule has 38 heavy (non-hydrogen) atoms. The number of carbonyl (C=O) groups excluding carboxylic acids is 1. The zero-order valence-corrected chi connectivity index (χ0v) is 22.2. The van der Waals surface area contributed by atoms with Crippen LogP contribution in [0.5, 0.6) is 5.75 Å². The Balaban J connectivity index is 1.53. The average Bonchev–Trinajstić information content (AvgIpc) is 3.22. The molecule has 1 aliphatic carbocycles. The molecule has 4 atom stereocenters. The SMILES string of the molecule is CCCOc1ccc2c(c1)[C@@H]1C[C@H]2OCCCCCCCC(=O)N[C@@H](Cc2cc(F)cc(F)c2)[C@H](O)CN1. The van der Waals surface area contributed by atoms with Crippen LogP contribution in [0.4, 0.5) is 8.78 Å². The Kier molecular flexibility index (Phi) is 10.5. The highest BCUT2D eigenvalue weighted by atomic mass is 19.1. The van der Waals surface area contributed by atoms with Crippen molar-refractivity contribution in [2.45, 2.75) is 89.0 Å². The van der Waals surface area contributed by atoms with Crippen molar-refractivity contribution in [3.63, 3.8) is 0 Å². The van der Waals surface area contributed by atoms with Crippen LogP contribution in [0, 0.1) is 11.6 Å². The fraction of sp³-hybridized carbons (Fsp3) is 0.567. The molecule has 2 aromatic carbocycles. The Labute approximate surface area is 224 Å². The van der Waals surface area contributed by atoms with Crippen molar-refractivity contribution in [3.05, 3.63) is 64.7 Å². The first-order valence-electron chi connectivity index (χ1n) is 14.0. The van der Waals surface area contributed by atoms with Gasteiger partial charge in [0.1, 0.15) is 17.4 Å². The number of fused-ring (bicyclic) bond motifs is 5. The van der Waals surface area contributed by atoms with Gasteiger partial charge in [0.2, 0.25) is 5.91 Å². The van der Waals surface area contributed by atoms with Crippen molar-refractivity contribution in [2.75, 3.05) is 19.8 Å². The first-order chi connectivity index (χ1) is 18.4. The molecule has 208 valence electrons. The second kappa shape index (κ2) is 14.0. The zero-order chi connectivity index (χ0) is 26.9. The van der Waals surface area contributed by atoms with Crippen molar-refractivity contribution in [3.8, 4) is 5.75 Å². The van der Waals surface area contributed by atoms with Gasteiger partial charge >= 0.3 is 0 Å². The summed E-state index contributed by atoms with van der Waals surface area (Å²) in [6.45, 7) is 3.58. The second-order valence-corrected chi connectivity index (χ2v) is 10.4. The van der Waals surface area contributed by atoms with Crippen molar-refractivity contribution < 1.29 is 28.2 Å². The van der Waals surface area contributed by atoms with E-state index >= 15 is 0 Å². The van der Waals surface area contributed by atoms with E-state index in [1.54, 1.807) is 0 Å². The number of aliphatic hydroxyl groups excluding tert-OH is 1. The van der Waals surface area contributed by atoms with Crippen LogP contribution in [-0.2, 0) is 16.0 Å². The lowest BCUT2D eigenvalue weighted by Crippen LogP contribution is -2.49. The molecule has 0 saturated carbocycles. The van der Waals surface area contributed by atoms with E-state index in [-0.39, 0.29) is 31.0 Å². The maximum absolute atomic E-state index is 13.8. The van der Waals surface area contributed by atoms with Crippen LogP contribution in [0.3, 0.4) is 0 Å². The molecule has 2 aromatic rings. The Hall–Kier alpha value is -2.55. The minimum Gasteiger partial charge on any atom is -0.494 e. The van der Waals surface area contributed by atoms with Crippen LogP contribution in [0.2, 0.25) is 0 Å². The topological polar surface area (TPSA) is 79.8 Å². The largest absolute Gasteiger partial charge is 0.494 e. The summed E-state index contributed by atoms with van der Waals surface area (Å²) < 4.78 is 39.8. The van der Waals surface area contributed by atoms with Crippen molar-refractivity contribution in [1.82, 2.24) is 10.6 Å². The molecule has 1 heterocycles. The molecule has 3 N–H and O–H groups in total. The van der Waals surface area contributed by atoms with Gasteiger partial charge in [-0.25, -0.2) is 8.78 Å². The summed E-state index contributed by atoms with van der Waals surface area (Å²) >= 11 is 0. The highest BCUT2D eigenvalue weighted by Gasteiger charge is 2.33. The van der Waals surface area contributed by atoms with Crippen molar-refractivity contribution in [1.29, 1.82) is 0 Å². The van der Waals surface area contributed by atoms with E-state index in [0.29, 0.717) is 25.2 Å². The van der Waals surface area contributed by atoms with E-state index in [1.807, 2.05) is 12.1 Å². The van der Waals surface area contributed by atoms with Gasteiger partial charge in [0.05, 0.1) is 24.9 Å². The van der Waals surface area contributed by atoms with Gasteiger partial charge in [-0.2, -0.15) is 0 Å². The van der Waals surface area contributed by atoms with Crippen LogP contribution < -0.4 is 15.4 Å². The molecule has 2 aliphatic rings. The fourth-order valence-electron chi connectivity index (χ4n) is 5.37. The van der Waals surface area contributed by atoms with Gasteiger partial charge in [-0.1, -0.05) is 32.3 Å². The molecular formula is C30H40F2N2O4. The van der Waals surface area contributed by atoms with E-state index in [4.69, 9.17) is 9.47 Å². The first kappa shape index (κ1) is 28.5. The molecule has 0 aromatic heterocycles. The summed E-state index contributed by atoms with van der Waals surface area (Å²) in [5.41, 5.74) is 2.60. The van der Waals surface area contributed by atoms with Crippen LogP contribution in [0.25, 0.3) is 0 Å². The predicted molar refractivity (Wildman–Crippen MR) is 142 cm³/mol. The maximum atomic E-state index is 13.8. The first-order valence-corrected chi connectivity index (χ1v) is 14.0. The summed E-state index contributed by atoms with van der Waals surface area (Å²) in [7, 11) is 0. The van der Waals surface area contributed by atoms with Gasteiger partial charge < -0.3 is 25.2 Å². The number of halogens is 2. The Morgan fingerprint density at radius 1 is 1.03 bits per heavy atom. The Morgan fingerprint density at radius 3 is 2.58 bits per heavy atom. The molecule has 4 rings (SSSR count). The molecule has 8 heteroatoms. The van der Waals surface area contributed by atoms with Crippen molar-refractivity contribution in [2.24, 2.45) is 0 Å². The fourth-order valence-corrected chi connectivity index (χ4v) is 5.37. The summed E-state index contributed by atoms with van der Waals surface area (Å²) in [4.78, 5) is 12.7. The van der Waals surface area contributed by atoms with Crippen LogP contribution in [-0.4, -0.2) is 42.9 Å². The number of benzene rings is 2. The molecular weight excluding hydrogens is 490 g/mol. The molecule has 2 bridgehead atoms. The lowest BCUT2D eigenvalue weighted by Gasteiger charge is -2.26. The number of hydrogen-bond donors (Lipinski definition) is 3. The number of ether oxygens (including phenoxy) is 2. The molecule has 0 spiro atoms. The summed E-state index contributed by atoms with van der Waals surface area (Å²) in [6.07, 6.45) is 5.83.